The van der Waals surface area contributed by atoms with Gasteiger partial charge in [-0.15, -0.1) is 0 Å². The summed E-state index contributed by atoms with van der Waals surface area (Å²) in [7, 11) is 1.92. The van der Waals surface area contributed by atoms with Crippen molar-refractivity contribution < 1.29 is 0 Å². The minimum atomic E-state index is 0.192. The lowest BCUT2D eigenvalue weighted by Gasteiger charge is -2.02. The minimum Gasteiger partial charge on any atom is -0.383 e. The Morgan fingerprint density at radius 1 is 1.33 bits per heavy atom. The lowest BCUT2D eigenvalue weighted by molar-refractivity contribution is 0.912. The summed E-state index contributed by atoms with van der Waals surface area (Å²) < 4.78 is 1.88. The number of nitrogens with two attached hydrogens (primary N) is 2. The van der Waals surface area contributed by atoms with Gasteiger partial charge in [-0.3, -0.25) is 0 Å². The molecule has 0 atom stereocenters. The average Bonchev–Trinajstić information content (AvgIpc) is 2.56. The van der Waals surface area contributed by atoms with Crippen LogP contribution in [0.3, 0.4) is 0 Å². The number of aryl methyl sites for hydroxylation is 1. The van der Waals surface area contributed by atoms with Crippen LogP contribution in [-0.2, 0) is 13.5 Å². The van der Waals surface area contributed by atoms with Crippen molar-refractivity contribution in [3.8, 4) is 0 Å². The number of hydrogen-bond acceptors (Lipinski definition) is 5. The largest absolute Gasteiger partial charge is 0.383 e. The highest BCUT2D eigenvalue weighted by Crippen LogP contribution is 2.12. The Hall–Kier alpha value is -2.11. The molecule has 2 heterocycles. The van der Waals surface area contributed by atoms with Crippen molar-refractivity contribution in [2.24, 2.45) is 7.05 Å². The highest BCUT2D eigenvalue weighted by molar-refractivity contribution is 5.42. The Labute approximate surface area is 87.0 Å². The van der Waals surface area contributed by atoms with E-state index >= 15 is 0 Å². The van der Waals surface area contributed by atoms with Crippen LogP contribution < -0.4 is 11.5 Å². The zero-order valence-corrected chi connectivity index (χ0v) is 8.38. The molecule has 2 rings (SSSR count). The highest BCUT2D eigenvalue weighted by atomic mass is 15.0. The Morgan fingerprint density at radius 2 is 2.13 bits per heavy atom. The number of imidazole rings is 1. The number of hydrogen-bond donors (Lipinski definition) is 2. The van der Waals surface area contributed by atoms with Gasteiger partial charge in [0.05, 0.1) is 12.0 Å². The van der Waals surface area contributed by atoms with E-state index in [4.69, 9.17) is 11.5 Å². The molecule has 0 aliphatic rings. The summed E-state index contributed by atoms with van der Waals surface area (Å²) in [6.45, 7) is 0. The van der Waals surface area contributed by atoms with E-state index in [-0.39, 0.29) is 5.95 Å². The van der Waals surface area contributed by atoms with Gasteiger partial charge in [0.1, 0.15) is 5.82 Å². The maximum Gasteiger partial charge on any atom is 0.221 e. The summed E-state index contributed by atoms with van der Waals surface area (Å²) in [5.41, 5.74) is 12.9. The molecule has 4 N–H and O–H groups in total. The first-order valence-corrected chi connectivity index (χ1v) is 4.49. The van der Waals surface area contributed by atoms with Gasteiger partial charge in [0, 0.05) is 31.4 Å². The molecule has 0 radical (unpaired) electrons. The molecule has 15 heavy (non-hydrogen) atoms. The lowest BCUT2D eigenvalue weighted by Crippen LogP contribution is -2.04. The fraction of sp³-hybridized carbons (Fsp3) is 0.222. The summed E-state index contributed by atoms with van der Waals surface area (Å²) in [4.78, 5) is 12.0. The molecule has 0 unspecified atom stereocenters. The predicted molar refractivity (Wildman–Crippen MR) is 56.9 cm³/mol. The van der Waals surface area contributed by atoms with Gasteiger partial charge in [-0.1, -0.05) is 0 Å². The number of nitrogen functional groups attached to an aromatic ring is 2. The van der Waals surface area contributed by atoms with Gasteiger partial charge in [-0.05, 0) is 0 Å². The SMILES string of the molecule is Cn1cnc(Cc2cnc(N)nc2N)c1. The Balaban J connectivity index is 2.24. The van der Waals surface area contributed by atoms with E-state index in [2.05, 4.69) is 15.0 Å². The smallest absolute Gasteiger partial charge is 0.221 e. The number of rotatable bonds is 2. The maximum absolute atomic E-state index is 5.71. The van der Waals surface area contributed by atoms with Crippen LogP contribution in [0.15, 0.2) is 18.7 Å². The zero-order chi connectivity index (χ0) is 10.8. The van der Waals surface area contributed by atoms with Crippen molar-refractivity contribution in [2.45, 2.75) is 6.42 Å². The predicted octanol–water partition coefficient (Wildman–Crippen LogP) is -0.0347. The van der Waals surface area contributed by atoms with Crippen LogP contribution in [0, 0.1) is 0 Å². The maximum atomic E-state index is 5.71. The van der Waals surface area contributed by atoms with Gasteiger partial charge in [-0.2, -0.15) is 4.98 Å². The second-order valence-corrected chi connectivity index (χ2v) is 3.35. The summed E-state index contributed by atoms with van der Waals surface area (Å²) in [5, 5.41) is 0. The molecule has 0 bridgehead atoms. The van der Waals surface area contributed by atoms with Gasteiger partial charge >= 0.3 is 0 Å². The topological polar surface area (TPSA) is 95.6 Å². The van der Waals surface area contributed by atoms with Crippen molar-refractivity contribution >= 4 is 11.8 Å². The summed E-state index contributed by atoms with van der Waals surface area (Å²) >= 11 is 0. The van der Waals surface area contributed by atoms with Crippen molar-refractivity contribution in [1.82, 2.24) is 19.5 Å². The molecular weight excluding hydrogens is 192 g/mol. The summed E-state index contributed by atoms with van der Waals surface area (Å²) in [6.07, 6.45) is 5.92. The van der Waals surface area contributed by atoms with Crippen LogP contribution in [0.4, 0.5) is 11.8 Å². The molecule has 0 saturated heterocycles. The molecule has 2 aromatic rings. The monoisotopic (exact) mass is 204 g/mol. The molecule has 78 valence electrons. The van der Waals surface area contributed by atoms with Crippen LogP contribution >= 0.6 is 0 Å². The van der Waals surface area contributed by atoms with Gasteiger partial charge in [0.2, 0.25) is 5.95 Å². The second-order valence-electron chi connectivity index (χ2n) is 3.35. The molecular formula is C9H12N6. The van der Waals surface area contributed by atoms with E-state index in [1.165, 1.54) is 0 Å². The molecule has 0 amide bonds. The third-order valence-corrected chi connectivity index (χ3v) is 2.05. The van der Waals surface area contributed by atoms with E-state index in [0.717, 1.165) is 11.3 Å². The van der Waals surface area contributed by atoms with Crippen molar-refractivity contribution in [3.63, 3.8) is 0 Å². The van der Waals surface area contributed by atoms with E-state index in [1.54, 1.807) is 12.5 Å². The standard InChI is InChI=1S/C9H12N6/c1-15-4-7(13-5-15)2-6-3-12-9(11)14-8(6)10/h3-5H,2H2,1H3,(H4,10,11,12,14). The molecule has 0 saturated carbocycles. The molecule has 6 nitrogen and oxygen atoms in total. The average molecular weight is 204 g/mol. The first kappa shape index (κ1) is 9.45. The molecule has 0 aliphatic carbocycles. The zero-order valence-electron chi connectivity index (χ0n) is 8.38. The van der Waals surface area contributed by atoms with Crippen LogP contribution in [0.25, 0.3) is 0 Å². The van der Waals surface area contributed by atoms with Gasteiger partial charge in [0.15, 0.2) is 0 Å². The van der Waals surface area contributed by atoms with E-state index in [0.29, 0.717) is 12.2 Å². The van der Waals surface area contributed by atoms with E-state index in [1.807, 2.05) is 17.8 Å². The fourth-order valence-corrected chi connectivity index (χ4v) is 1.32. The normalized spacial score (nSPS) is 10.5. The van der Waals surface area contributed by atoms with Crippen molar-refractivity contribution in [2.75, 3.05) is 11.5 Å². The number of anilines is 2. The van der Waals surface area contributed by atoms with Crippen molar-refractivity contribution in [1.29, 1.82) is 0 Å². The van der Waals surface area contributed by atoms with Gasteiger partial charge in [0.25, 0.3) is 0 Å². The molecule has 0 spiro atoms. The Bertz CT molecular complexity index is 475. The summed E-state index contributed by atoms with van der Waals surface area (Å²) in [6, 6.07) is 0. The van der Waals surface area contributed by atoms with E-state index in [9.17, 15) is 0 Å². The molecule has 0 fully saturated rings. The second kappa shape index (κ2) is 3.56. The van der Waals surface area contributed by atoms with Crippen LogP contribution in [0.5, 0.6) is 0 Å². The van der Waals surface area contributed by atoms with Crippen molar-refractivity contribution in [3.05, 3.63) is 30.0 Å². The molecule has 0 aliphatic heterocycles. The first-order chi connectivity index (χ1) is 7.15. The number of nitrogens with zero attached hydrogens (tertiary/aromatic N) is 4. The highest BCUT2D eigenvalue weighted by Gasteiger charge is 2.05. The number of aromatic nitrogens is 4. The Morgan fingerprint density at radius 3 is 2.73 bits per heavy atom. The van der Waals surface area contributed by atoms with Gasteiger partial charge in [-0.25, -0.2) is 9.97 Å². The summed E-state index contributed by atoms with van der Waals surface area (Å²) in [5.74, 6) is 0.602. The Kier molecular flexibility index (Phi) is 2.24. The molecule has 2 aromatic heterocycles. The third kappa shape index (κ3) is 2.04. The first-order valence-electron chi connectivity index (χ1n) is 4.49. The minimum absolute atomic E-state index is 0.192. The van der Waals surface area contributed by atoms with Crippen LogP contribution in [-0.4, -0.2) is 19.5 Å². The molecule has 6 heteroatoms. The quantitative estimate of drug-likeness (QED) is 0.715. The fourth-order valence-electron chi connectivity index (χ4n) is 1.32. The lowest BCUT2D eigenvalue weighted by atomic mass is 10.2. The van der Waals surface area contributed by atoms with Crippen LogP contribution in [0.1, 0.15) is 11.3 Å². The van der Waals surface area contributed by atoms with Gasteiger partial charge < -0.3 is 16.0 Å². The van der Waals surface area contributed by atoms with Crippen LogP contribution in [0.2, 0.25) is 0 Å². The third-order valence-electron chi connectivity index (χ3n) is 2.05. The molecule has 0 aromatic carbocycles. The van der Waals surface area contributed by atoms with E-state index < -0.39 is 0 Å².